The largest absolute Gasteiger partial charge is 0.438 e. The molecule has 0 unspecified atom stereocenters. The Balaban J connectivity index is 2.29. The van der Waals surface area contributed by atoms with Crippen molar-refractivity contribution in [3.8, 4) is 11.6 Å². The first kappa shape index (κ1) is 13.1. The Labute approximate surface area is 115 Å². The molecule has 0 saturated carbocycles. The molecule has 0 saturated heterocycles. The van der Waals surface area contributed by atoms with Crippen LogP contribution in [0.5, 0.6) is 11.6 Å². The molecule has 4 nitrogen and oxygen atoms in total. The third-order valence-electron chi connectivity index (χ3n) is 2.29. The Morgan fingerprint density at radius 2 is 2.17 bits per heavy atom. The Hall–Kier alpha value is -1.30. The first-order valence-electron chi connectivity index (χ1n) is 5.25. The monoisotopic (exact) mass is 281 g/mol. The topological polar surface area (TPSA) is 61.0 Å². The number of thioether (sulfide) groups is 1. The molecule has 6 heteroatoms. The van der Waals surface area contributed by atoms with Crippen LogP contribution in [-0.4, -0.2) is 16.2 Å². The molecule has 1 aromatic heterocycles. The van der Waals surface area contributed by atoms with Crippen LogP contribution in [0.25, 0.3) is 0 Å². The lowest BCUT2D eigenvalue weighted by molar-refractivity contribution is 0.453. The quantitative estimate of drug-likeness (QED) is 0.689. The highest BCUT2D eigenvalue weighted by Crippen LogP contribution is 2.28. The molecule has 1 heterocycles. The fourth-order valence-corrected chi connectivity index (χ4v) is 1.93. The van der Waals surface area contributed by atoms with E-state index >= 15 is 0 Å². The van der Waals surface area contributed by atoms with E-state index in [4.69, 9.17) is 22.1 Å². The van der Waals surface area contributed by atoms with Gasteiger partial charge in [-0.1, -0.05) is 17.7 Å². The minimum Gasteiger partial charge on any atom is -0.438 e. The van der Waals surface area contributed by atoms with Crippen LogP contribution in [0.1, 0.15) is 5.56 Å². The van der Waals surface area contributed by atoms with Gasteiger partial charge in [0.15, 0.2) is 0 Å². The molecule has 94 valence electrons. The molecule has 0 aliphatic heterocycles. The van der Waals surface area contributed by atoms with Crippen molar-refractivity contribution in [3.63, 3.8) is 0 Å². The predicted octanol–water partition coefficient (Wildman–Crippen LogP) is 3.10. The molecule has 0 bridgehead atoms. The molecular weight excluding hydrogens is 270 g/mol. The van der Waals surface area contributed by atoms with Gasteiger partial charge >= 0.3 is 0 Å². The first-order chi connectivity index (χ1) is 8.72. The van der Waals surface area contributed by atoms with Crippen molar-refractivity contribution in [2.24, 2.45) is 5.73 Å². The maximum absolute atomic E-state index is 5.94. The number of halogens is 1. The number of hydrogen-bond donors (Lipinski definition) is 1. The summed E-state index contributed by atoms with van der Waals surface area (Å²) in [5, 5.41) is 1.44. The average Bonchev–Trinajstić information content (AvgIpc) is 2.39. The molecule has 0 fully saturated rings. The summed E-state index contributed by atoms with van der Waals surface area (Å²) in [7, 11) is 0. The van der Waals surface area contributed by atoms with Gasteiger partial charge in [0, 0.05) is 23.2 Å². The smallest absolute Gasteiger partial charge is 0.223 e. The molecular formula is C12H12ClN3OS. The summed E-state index contributed by atoms with van der Waals surface area (Å²) in [6.07, 6.45) is 3.41. The van der Waals surface area contributed by atoms with Gasteiger partial charge in [-0.2, -0.15) is 0 Å². The number of rotatable bonds is 4. The van der Waals surface area contributed by atoms with Crippen LogP contribution in [-0.2, 0) is 6.54 Å². The minimum atomic E-state index is 0.382. The van der Waals surface area contributed by atoms with Crippen LogP contribution in [0.3, 0.4) is 0 Å². The number of hydrogen-bond acceptors (Lipinski definition) is 5. The molecule has 2 aromatic rings. The Morgan fingerprint density at radius 1 is 1.33 bits per heavy atom. The van der Waals surface area contributed by atoms with Crippen LogP contribution < -0.4 is 10.5 Å². The van der Waals surface area contributed by atoms with Crippen LogP contribution in [0, 0.1) is 0 Å². The average molecular weight is 282 g/mol. The number of nitrogens with zero attached hydrogens (tertiary/aromatic N) is 2. The number of benzene rings is 1. The molecule has 2 N–H and O–H groups in total. The fourth-order valence-electron chi connectivity index (χ4n) is 1.39. The van der Waals surface area contributed by atoms with Crippen molar-refractivity contribution in [1.82, 2.24) is 9.97 Å². The van der Waals surface area contributed by atoms with Gasteiger partial charge in [0.1, 0.15) is 17.1 Å². The maximum Gasteiger partial charge on any atom is 0.223 e. The predicted molar refractivity (Wildman–Crippen MR) is 73.2 cm³/mol. The molecule has 0 atom stereocenters. The van der Waals surface area contributed by atoms with Crippen LogP contribution in [0.4, 0.5) is 0 Å². The summed E-state index contributed by atoms with van der Waals surface area (Å²) in [6.45, 7) is 0.382. The fraction of sp³-hybridized carbons (Fsp3) is 0.167. The molecule has 18 heavy (non-hydrogen) atoms. The van der Waals surface area contributed by atoms with Crippen LogP contribution in [0.2, 0.25) is 5.02 Å². The summed E-state index contributed by atoms with van der Waals surface area (Å²) in [5.41, 5.74) is 6.53. The number of ether oxygens (including phenoxy) is 1. The molecule has 0 spiro atoms. The van der Waals surface area contributed by atoms with Gasteiger partial charge in [-0.15, -0.1) is 11.8 Å². The van der Waals surface area contributed by atoms with E-state index in [-0.39, 0.29) is 0 Å². The number of nitrogens with two attached hydrogens (primary N) is 1. The second-order valence-corrected chi connectivity index (χ2v) is 4.72. The van der Waals surface area contributed by atoms with Crippen molar-refractivity contribution in [2.45, 2.75) is 11.6 Å². The molecule has 0 amide bonds. The van der Waals surface area contributed by atoms with Crippen molar-refractivity contribution in [2.75, 3.05) is 6.26 Å². The zero-order valence-electron chi connectivity index (χ0n) is 9.76. The highest BCUT2D eigenvalue weighted by Gasteiger charge is 2.06. The van der Waals surface area contributed by atoms with E-state index in [0.717, 1.165) is 10.6 Å². The van der Waals surface area contributed by atoms with Crippen molar-refractivity contribution in [1.29, 1.82) is 0 Å². The lowest BCUT2D eigenvalue weighted by atomic mass is 10.2. The summed E-state index contributed by atoms with van der Waals surface area (Å²) < 4.78 is 5.69. The molecule has 1 aromatic carbocycles. The second kappa shape index (κ2) is 6.04. The van der Waals surface area contributed by atoms with Gasteiger partial charge in [0.05, 0.1) is 0 Å². The van der Waals surface area contributed by atoms with Gasteiger partial charge in [0.25, 0.3) is 0 Å². The lowest BCUT2D eigenvalue weighted by Crippen LogP contribution is -2.00. The van der Waals surface area contributed by atoms with E-state index in [2.05, 4.69) is 9.97 Å². The molecule has 0 radical (unpaired) electrons. The van der Waals surface area contributed by atoms with Gasteiger partial charge in [-0.05, 0) is 18.4 Å². The standard InChI is InChI=1S/C12H12ClN3OS/c1-18-12-5-11(15-7-16-12)17-10-4-9(13)3-2-8(10)6-14/h2-5,7H,6,14H2,1H3. The summed E-state index contributed by atoms with van der Waals surface area (Å²) in [5.74, 6) is 1.10. The van der Waals surface area contributed by atoms with Crippen LogP contribution in [0.15, 0.2) is 35.6 Å². The highest BCUT2D eigenvalue weighted by molar-refractivity contribution is 7.98. The third kappa shape index (κ3) is 3.13. The summed E-state index contributed by atoms with van der Waals surface area (Å²) >= 11 is 7.47. The Morgan fingerprint density at radius 3 is 2.89 bits per heavy atom. The summed E-state index contributed by atoms with van der Waals surface area (Å²) in [4.78, 5) is 8.14. The molecule has 0 aliphatic carbocycles. The normalized spacial score (nSPS) is 10.4. The van der Waals surface area contributed by atoms with Gasteiger partial charge < -0.3 is 10.5 Å². The zero-order valence-corrected chi connectivity index (χ0v) is 11.3. The first-order valence-corrected chi connectivity index (χ1v) is 6.85. The minimum absolute atomic E-state index is 0.382. The van der Waals surface area contributed by atoms with E-state index < -0.39 is 0 Å². The van der Waals surface area contributed by atoms with E-state index in [0.29, 0.717) is 23.2 Å². The zero-order chi connectivity index (χ0) is 13.0. The Kier molecular flexibility index (Phi) is 4.41. The van der Waals surface area contributed by atoms with Crippen molar-refractivity contribution in [3.05, 3.63) is 41.2 Å². The van der Waals surface area contributed by atoms with E-state index in [1.807, 2.05) is 12.3 Å². The second-order valence-electron chi connectivity index (χ2n) is 3.46. The highest BCUT2D eigenvalue weighted by atomic mass is 35.5. The Bertz CT molecular complexity index is 551. The molecule has 2 rings (SSSR count). The maximum atomic E-state index is 5.94. The van der Waals surface area contributed by atoms with Crippen molar-refractivity contribution < 1.29 is 4.74 Å². The van der Waals surface area contributed by atoms with Crippen molar-refractivity contribution >= 4 is 23.4 Å². The third-order valence-corrected chi connectivity index (χ3v) is 3.17. The van der Waals surface area contributed by atoms with E-state index in [1.54, 1.807) is 18.2 Å². The van der Waals surface area contributed by atoms with E-state index in [1.165, 1.54) is 18.1 Å². The van der Waals surface area contributed by atoms with Crippen LogP contribution >= 0.6 is 23.4 Å². The van der Waals surface area contributed by atoms with E-state index in [9.17, 15) is 0 Å². The molecule has 0 aliphatic rings. The van der Waals surface area contributed by atoms with Gasteiger partial charge in [0.2, 0.25) is 5.88 Å². The van der Waals surface area contributed by atoms with Gasteiger partial charge in [-0.3, -0.25) is 0 Å². The number of aromatic nitrogens is 2. The van der Waals surface area contributed by atoms with Gasteiger partial charge in [-0.25, -0.2) is 9.97 Å². The lowest BCUT2D eigenvalue weighted by Gasteiger charge is -2.09. The SMILES string of the molecule is CSc1cc(Oc2cc(Cl)ccc2CN)ncn1. The summed E-state index contributed by atoms with van der Waals surface area (Å²) in [6, 6.07) is 7.12.